The molecule has 1 unspecified atom stereocenters. The molecule has 1 saturated heterocycles. The normalized spacial score (nSPS) is 20.4. The number of carboxylic acid groups (broad SMARTS) is 1. The van der Waals surface area contributed by atoms with Gasteiger partial charge in [-0.15, -0.1) is 0 Å². The summed E-state index contributed by atoms with van der Waals surface area (Å²) in [6, 6.07) is 5.93. The number of benzene rings is 1. The van der Waals surface area contributed by atoms with E-state index in [4.69, 9.17) is 0 Å². The van der Waals surface area contributed by atoms with Gasteiger partial charge >= 0.3 is 12.1 Å². The number of carbonyl (C=O) groups excluding carboxylic acids is 1. The molecule has 1 N–H and O–H groups in total. The van der Waals surface area contributed by atoms with Crippen LogP contribution in [-0.2, 0) is 11.0 Å². The van der Waals surface area contributed by atoms with Crippen molar-refractivity contribution in [2.24, 2.45) is 0 Å². The molecule has 1 atom stereocenters. The topological polar surface area (TPSA) is 75.4 Å². The molecular weight excluding hydrogens is 351 g/mol. The van der Waals surface area contributed by atoms with Crippen LogP contribution in [0, 0.1) is 0 Å². The van der Waals surface area contributed by atoms with E-state index < -0.39 is 29.2 Å². The lowest BCUT2D eigenvalue weighted by Gasteiger charge is -2.30. The van der Waals surface area contributed by atoms with E-state index in [0.717, 1.165) is 16.8 Å². The fraction of sp³-hybridized carbons (Fsp3) is 0.353. The van der Waals surface area contributed by atoms with Gasteiger partial charge in [-0.3, -0.25) is 4.79 Å². The zero-order valence-corrected chi connectivity index (χ0v) is 13.8. The average Bonchev–Trinajstić information content (AvgIpc) is 3.21. The van der Waals surface area contributed by atoms with E-state index in [1.165, 1.54) is 36.2 Å². The number of likely N-dealkylation sites (tertiary alicyclic amines) is 1. The van der Waals surface area contributed by atoms with Gasteiger partial charge in [0.2, 0.25) is 0 Å². The maximum absolute atomic E-state index is 12.8. The minimum Gasteiger partial charge on any atom is -0.480 e. The van der Waals surface area contributed by atoms with Crippen molar-refractivity contribution in [2.45, 2.75) is 31.5 Å². The number of hydrogen-bond acceptors (Lipinski definition) is 3. The highest BCUT2D eigenvalue weighted by Gasteiger charge is 2.46. The van der Waals surface area contributed by atoms with Crippen LogP contribution in [0.25, 0.3) is 5.69 Å². The Labute approximate surface area is 146 Å². The molecule has 0 aliphatic carbocycles. The van der Waals surface area contributed by atoms with E-state index in [9.17, 15) is 27.9 Å². The number of nitrogens with zero attached hydrogens (tertiary/aromatic N) is 3. The van der Waals surface area contributed by atoms with Gasteiger partial charge in [0.15, 0.2) is 5.69 Å². The molecule has 1 aliphatic rings. The fourth-order valence-electron chi connectivity index (χ4n) is 3.06. The van der Waals surface area contributed by atoms with Gasteiger partial charge < -0.3 is 10.0 Å². The monoisotopic (exact) mass is 367 g/mol. The number of alkyl halides is 3. The lowest BCUT2D eigenvalue weighted by molar-refractivity contribution is -0.147. The summed E-state index contributed by atoms with van der Waals surface area (Å²) in [7, 11) is 0. The standard InChI is InChI=1S/C17H16F3N3O3/c1-16(15(25)26)7-3-8-22(16)14(24)13-6-9-23(21-13)12-5-2-4-11(10-12)17(18,19)20/h2,4-6,9-10H,3,7-8H2,1H3,(H,25,26). The van der Waals surface area contributed by atoms with Crippen molar-refractivity contribution in [3.8, 4) is 5.69 Å². The molecule has 1 aromatic carbocycles. The number of hydrogen-bond donors (Lipinski definition) is 1. The van der Waals surface area contributed by atoms with Crippen LogP contribution >= 0.6 is 0 Å². The van der Waals surface area contributed by atoms with Crippen molar-refractivity contribution in [1.29, 1.82) is 0 Å². The molecule has 26 heavy (non-hydrogen) atoms. The Morgan fingerprint density at radius 3 is 2.65 bits per heavy atom. The van der Waals surface area contributed by atoms with E-state index in [2.05, 4.69) is 5.10 Å². The van der Waals surface area contributed by atoms with Crippen LogP contribution in [0.2, 0.25) is 0 Å². The molecule has 0 radical (unpaired) electrons. The summed E-state index contributed by atoms with van der Waals surface area (Å²) in [4.78, 5) is 25.4. The highest BCUT2D eigenvalue weighted by atomic mass is 19.4. The van der Waals surface area contributed by atoms with Gasteiger partial charge in [0.1, 0.15) is 5.54 Å². The van der Waals surface area contributed by atoms with Crippen molar-refractivity contribution >= 4 is 11.9 Å². The van der Waals surface area contributed by atoms with Gasteiger partial charge in [0.05, 0.1) is 11.3 Å². The van der Waals surface area contributed by atoms with Gasteiger partial charge in [0.25, 0.3) is 5.91 Å². The van der Waals surface area contributed by atoms with Crippen molar-refractivity contribution in [3.63, 3.8) is 0 Å². The van der Waals surface area contributed by atoms with E-state index >= 15 is 0 Å². The second-order valence-electron chi connectivity index (χ2n) is 6.33. The largest absolute Gasteiger partial charge is 0.480 e. The Morgan fingerprint density at radius 2 is 2.00 bits per heavy atom. The predicted molar refractivity (Wildman–Crippen MR) is 84.9 cm³/mol. The zero-order valence-electron chi connectivity index (χ0n) is 13.8. The summed E-state index contributed by atoms with van der Waals surface area (Å²) < 4.78 is 39.7. The van der Waals surface area contributed by atoms with Crippen LogP contribution in [0.15, 0.2) is 36.5 Å². The molecule has 1 amide bonds. The highest BCUT2D eigenvalue weighted by Crippen LogP contribution is 2.31. The Hall–Kier alpha value is -2.84. The first-order valence-corrected chi connectivity index (χ1v) is 7.91. The first kappa shape index (κ1) is 18.0. The first-order chi connectivity index (χ1) is 12.1. The molecule has 138 valence electrons. The third-order valence-electron chi connectivity index (χ3n) is 4.59. The van der Waals surface area contributed by atoms with E-state index in [1.807, 2.05) is 0 Å². The summed E-state index contributed by atoms with van der Waals surface area (Å²) in [5.41, 5.74) is -1.99. The van der Waals surface area contributed by atoms with E-state index in [1.54, 1.807) is 0 Å². The van der Waals surface area contributed by atoms with Crippen LogP contribution in [-0.4, -0.2) is 43.7 Å². The number of aliphatic carboxylic acids is 1. The number of aromatic nitrogens is 2. The quantitative estimate of drug-likeness (QED) is 0.905. The first-order valence-electron chi connectivity index (χ1n) is 7.91. The van der Waals surface area contributed by atoms with Gasteiger partial charge in [-0.1, -0.05) is 6.07 Å². The molecule has 3 rings (SSSR count). The Morgan fingerprint density at radius 1 is 1.27 bits per heavy atom. The Kier molecular flexibility index (Phi) is 4.25. The minimum atomic E-state index is -4.49. The number of amides is 1. The van der Waals surface area contributed by atoms with Crippen LogP contribution in [0.5, 0.6) is 0 Å². The molecule has 1 aliphatic heterocycles. The second-order valence-corrected chi connectivity index (χ2v) is 6.33. The summed E-state index contributed by atoms with van der Waals surface area (Å²) >= 11 is 0. The molecule has 0 spiro atoms. The molecule has 2 heterocycles. The molecule has 9 heteroatoms. The molecule has 2 aromatic rings. The molecule has 0 bridgehead atoms. The molecule has 1 fully saturated rings. The molecule has 6 nitrogen and oxygen atoms in total. The summed E-state index contributed by atoms with van der Waals surface area (Å²) in [5, 5.41) is 13.4. The predicted octanol–water partition coefficient (Wildman–Crippen LogP) is 2.97. The molecule has 1 aromatic heterocycles. The molecule has 0 saturated carbocycles. The highest BCUT2D eigenvalue weighted by molar-refractivity contribution is 5.96. The lowest BCUT2D eigenvalue weighted by Crippen LogP contribution is -2.50. The maximum Gasteiger partial charge on any atom is 0.416 e. The maximum atomic E-state index is 12.8. The van der Waals surface area contributed by atoms with E-state index in [-0.39, 0.29) is 17.9 Å². The van der Waals surface area contributed by atoms with Crippen molar-refractivity contribution < 1.29 is 27.9 Å². The fourth-order valence-corrected chi connectivity index (χ4v) is 3.06. The van der Waals surface area contributed by atoms with Crippen molar-refractivity contribution in [2.75, 3.05) is 6.54 Å². The second kappa shape index (κ2) is 6.15. The van der Waals surface area contributed by atoms with Gasteiger partial charge in [-0.2, -0.15) is 18.3 Å². The number of carbonyl (C=O) groups is 2. The molecular formula is C17H16F3N3O3. The number of halogens is 3. The summed E-state index contributed by atoms with van der Waals surface area (Å²) in [6.45, 7) is 1.77. The third kappa shape index (κ3) is 3.04. The average molecular weight is 367 g/mol. The van der Waals surface area contributed by atoms with Gasteiger partial charge in [-0.05, 0) is 44.0 Å². The van der Waals surface area contributed by atoms with Crippen molar-refractivity contribution in [3.05, 3.63) is 47.8 Å². The van der Waals surface area contributed by atoms with Crippen LogP contribution in [0.1, 0.15) is 35.8 Å². The van der Waals surface area contributed by atoms with Crippen LogP contribution in [0.4, 0.5) is 13.2 Å². The number of rotatable bonds is 3. The number of carboxylic acids is 1. The zero-order chi connectivity index (χ0) is 19.1. The smallest absolute Gasteiger partial charge is 0.416 e. The van der Waals surface area contributed by atoms with Crippen LogP contribution < -0.4 is 0 Å². The lowest BCUT2D eigenvalue weighted by atomic mass is 9.99. The van der Waals surface area contributed by atoms with Crippen LogP contribution in [0.3, 0.4) is 0 Å². The van der Waals surface area contributed by atoms with Crippen molar-refractivity contribution in [1.82, 2.24) is 14.7 Å². The Balaban J connectivity index is 1.89. The Bertz CT molecular complexity index is 862. The van der Waals surface area contributed by atoms with Gasteiger partial charge in [-0.25, -0.2) is 9.48 Å². The summed E-state index contributed by atoms with van der Waals surface area (Å²) in [6.07, 6.45) is -2.22. The van der Waals surface area contributed by atoms with E-state index in [0.29, 0.717) is 12.8 Å². The van der Waals surface area contributed by atoms with Gasteiger partial charge in [0, 0.05) is 12.7 Å². The minimum absolute atomic E-state index is 0.0169. The SMILES string of the molecule is CC1(C(=O)O)CCCN1C(=O)c1ccn(-c2cccc(C(F)(F)F)c2)n1. The third-order valence-corrected chi connectivity index (χ3v) is 4.59. The summed E-state index contributed by atoms with van der Waals surface area (Å²) in [5.74, 6) is -1.65.